The molecule has 0 N–H and O–H groups in total. The van der Waals surface area contributed by atoms with E-state index in [1.807, 2.05) is 16.7 Å². The zero-order valence-electron chi connectivity index (χ0n) is 16.6. The monoisotopic (exact) mass is 433 g/mol. The van der Waals surface area contributed by atoms with Crippen molar-refractivity contribution in [1.29, 1.82) is 0 Å². The number of benzene rings is 2. The number of carbonyl (C=O) groups excluding carboxylic acids is 1. The van der Waals surface area contributed by atoms with E-state index in [-0.39, 0.29) is 23.8 Å². The lowest BCUT2D eigenvalue weighted by molar-refractivity contribution is -0.386. The second-order valence-corrected chi connectivity index (χ2v) is 6.68. The molecule has 0 bridgehead atoms. The molecule has 9 heteroatoms. The summed E-state index contributed by atoms with van der Waals surface area (Å²) < 4.78 is 26.1. The Morgan fingerprint density at radius 3 is 2.72 bits per heavy atom. The number of nitro groups is 1. The molecular formula is C23H16FN3O5. The van der Waals surface area contributed by atoms with E-state index in [0.717, 1.165) is 23.9 Å². The molecule has 0 fully saturated rings. The van der Waals surface area contributed by atoms with E-state index in [1.165, 1.54) is 12.2 Å². The summed E-state index contributed by atoms with van der Waals surface area (Å²) in [4.78, 5) is 26.8. The van der Waals surface area contributed by atoms with Gasteiger partial charge in [-0.1, -0.05) is 0 Å². The molecule has 160 valence electrons. The average molecular weight is 433 g/mol. The number of ether oxygens (including phenoxy) is 1. The van der Waals surface area contributed by atoms with Crippen molar-refractivity contribution in [2.24, 2.45) is 0 Å². The Balaban J connectivity index is 1.38. The highest BCUT2D eigenvalue weighted by Gasteiger charge is 2.16. The van der Waals surface area contributed by atoms with Gasteiger partial charge in [0.15, 0.2) is 11.5 Å². The molecule has 0 amide bonds. The molecule has 2 aromatic carbocycles. The van der Waals surface area contributed by atoms with Gasteiger partial charge in [0.25, 0.3) is 0 Å². The minimum atomic E-state index is -0.654. The number of halogens is 1. The Morgan fingerprint density at radius 2 is 2.00 bits per heavy atom. The zero-order chi connectivity index (χ0) is 22.5. The smallest absolute Gasteiger partial charge is 0.311 e. The molecule has 8 nitrogen and oxygen atoms in total. The van der Waals surface area contributed by atoms with Crippen molar-refractivity contribution < 1.29 is 23.3 Å². The number of rotatable bonds is 8. The number of hydrogen-bond acceptors (Lipinski definition) is 6. The van der Waals surface area contributed by atoms with Gasteiger partial charge in [0, 0.05) is 35.8 Å². The fourth-order valence-corrected chi connectivity index (χ4v) is 2.93. The maximum absolute atomic E-state index is 13.4. The lowest BCUT2D eigenvalue weighted by atomic mass is 10.1. The Labute approximate surface area is 181 Å². The van der Waals surface area contributed by atoms with Gasteiger partial charge in [-0.3, -0.25) is 14.9 Å². The van der Waals surface area contributed by atoms with E-state index in [2.05, 4.69) is 4.98 Å². The van der Waals surface area contributed by atoms with E-state index in [4.69, 9.17) is 9.15 Å². The second kappa shape index (κ2) is 9.09. The third kappa shape index (κ3) is 4.78. The van der Waals surface area contributed by atoms with Crippen LogP contribution in [0.15, 0.2) is 83.8 Å². The van der Waals surface area contributed by atoms with E-state index in [1.54, 1.807) is 43.0 Å². The predicted molar refractivity (Wildman–Crippen MR) is 113 cm³/mol. The fourth-order valence-electron chi connectivity index (χ4n) is 2.93. The molecule has 0 aliphatic rings. The number of nitrogens with zero attached hydrogens (tertiary/aromatic N) is 3. The SMILES string of the molecule is O=C(/C=C/c1ccc(COc2cc(F)ccc2[N+](=O)[O-])o1)c1ccc(-n2ccnc2)cc1. The molecule has 0 saturated heterocycles. The number of nitro benzene ring substituents is 1. The fraction of sp³-hybridized carbons (Fsp3) is 0.0435. The molecule has 0 aliphatic carbocycles. The molecule has 0 aliphatic heterocycles. The third-order valence-electron chi connectivity index (χ3n) is 4.52. The zero-order valence-corrected chi connectivity index (χ0v) is 16.6. The van der Waals surface area contributed by atoms with E-state index in [0.29, 0.717) is 17.1 Å². The normalized spacial score (nSPS) is 11.0. The topological polar surface area (TPSA) is 100 Å². The Kier molecular flexibility index (Phi) is 5.89. The van der Waals surface area contributed by atoms with Gasteiger partial charge in [-0.2, -0.15) is 0 Å². The van der Waals surface area contributed by atoms with Gasteiger partial charge in [-0.25, -0.2) is 9.37 Å². The Bertz CT molecular complexity index is 1280. The van der Waals surface area contributed by atoms with Crippen LogP contribution >= 0.6 is 0 Å². The van der Waals surface area contributed by atoms with Gasteiger partial charge in [0.1, 0.15) is 23.9 Å². The first-order chi connectivity index (χ1) is 15.5. The number of aromatic nitrogens is 2. The minimum absolute atomic E-state index is 0.137. The summed E-state index contributed by atoms with van der Waals surface area (Å²) in [5.74, 6) is -0.282. The van der Waals surface area contributed by atoms with E-state index >= 15 is 0 Å². The molecule has 4 aromatic rings. The summed E-state index contributed by atoms with van der Waals surface area (Å²) in [6.45, 7) is -0.137. The Morgan fingerprint density at radius 1 is 1.19 bits per heavy atom. The lowest BCUT2D eigenvalue weighted by Crippen LogP contribution is -1.99. The number of carbonyl (C=O) groups is 1. The molecule has 0 unspecified atom stereocenters. The number of allylic oxidation sites excluding steroid dienone is 1. The van der Waals surface area contributed by atoms with Crippen LogP contribution in [0, 0.1) is 15.9 Å². The summed E-state index contributed by atoms with van der Waals surface area (Å²) in [7, 11) is 0. The number of ketones is 1. The third-order valence-corrected chi connectivity index (χ3v) is 4.52. The van der Waals surface area contributed by atoms with Crippen LogP contribution in [-0.4, -0.2) is 20.3 Å². The molecule has 0 radical (unpaired) electrons. The molecule has 32 heavy (non-hydrogen) atoms. The summed E-state index contributed by atoms with van der Waals surface area (Å²) in [6, 6.07) is 13.3. The molecular weight excluding hydrogens is 417 g/mol. The van der Waals surface area contributed by atoms with Gasteiger partial charge in [-0.05, 0) is 54.6 Å². The van der Waals surface area contributed by atoms with Crippen LogP contribution in [0.4, 0.5) is 10.1 Å². The van der Waals surface area contributed by atoms with E-state index in [9.17, 15) is 19.3 Å². The number of hydrogen-bond donors (Lipinski definition) is 0. The van der Waals surface area contributed by atoms with Crippen molar-refractivity contribution in [3.05, 3.63) is 112 Å². The summed E-state index contributed by atoms with van der Waals surface area (Å²) >= 11 is 0. The van der Waals surface area contributed by atoms with Crippen molar-refractivity contribution in [3.8, 4) is 11.4 Å². The highest BCUT2D eigenvalue weighted by Crippen LogP contribution is 2.28. The largest absolute Gasteiger partial charge is 0.479 e. The standard InChI is InChI=1S/C23H16FN3O5/c24-17-3-9-21(27(29)30)23(13-17)31-14-20-7-6-19(32-20)8-10-22(28)16-1-4-18(5-2-16)26-12-11-25-15-26/h1-13,15H,14H2/b10-8+. The molecule has 0 saturated carbocycles. The summed E-state index contributed by atoms with van der Waals surface area (Å²) in [6.07, 6.45) is 8.04. The van der Waals surface area contributed by atoms with Crippen LogP contribution in [0.5, 0.6) is 5.75 Å². The maximum Gasteiger partial charge on any atom is 0.311 e. The highest BCUT2D eigenvalue weighted by molar-refractivity contribution is 6.06. The lowest BCUT2D eigenvalue weighted by Gasteiger charge is -2.05. The van der Waals surface area contributed by atoms with Gasteiger partial charge in [0.2, 0.25) is 0 Å². The van der Waals surface area contributed by atoms with Gasteiger partial charge >= 0.3 is 5.69 Å². The second-order valence-electron chi connectivity index (χ2n) is 6.68. The predicted octanol–water partition coefficient (Wildman–Crippen LogP) is 4.99. The number of furan rings is 1. The molecule has 2 aromatic heterocycles. The van der Waals surface area contributed by atoms with Crippen LogP contribution in [0.1, 0.15) is 21.9 Å². The molecule has 0 atom stereocenters. The highest BCUT2D eigenvalue weighted by atomic mass is 19.1. The quantitative estimate of drug-likeness (QED) is 0.168. The van der Waals surface area contributed by atoms with Gasteiger partial charge < -0.3 is 13.7 Å². The van der Waals surface area contributed by atoms with Crippen LogP contribution in [0.25, 0.3) is 11.8 Å². The van der Waals surface area contributed by atoms with Crippen LogP contribution in [0.2, 0.25) is 0 Å². The summed E-state index contributed by atoms with van der Waals surface area (Å²) in [5, 5.41) is 11.0. The Hall–Kier alpha value is -4.53. The molecule has 0 spiro atoms. The van der Waals surface area contributed by atoms with Gasteiger partial charge in [-0.15, -0.1) is 0 Å². The first-order valence-electron chi connectivity index (χ1n) is 9.46. The minimum Gasteiger partial charge on any atom is -0.479 e. The van der Waals surface area contributed by atoms with Crippen molar-refractivity contribution in [3.63, 3.8) is 0 Å². The molecule has 4 rings (SSSR count). The van der Waals surface area contributed by atoms with Crippen LogP contribution in [-0.2, 0) is 6.61 Å². The van der Waals surface area contributed by atoms with Crippen molar-refractivity contribution in [2.45, 2.75) is 6.61 Å². The summed E-state index contributed by atoms with van der Waals surface area (Å²) in [5.41, 5.74) is 1.05. The number of imidazole rings is 1. The maximum atomic E-state index is 13.4. The first kappa shape index (κ1) is 20.7. The first-order valence-corrected chi connectivity index (χ1v) is 9.46. The average Bonchev–Trinajstić information content (AvgIpc) is 3.48. The van der Waals surface area contributed by atoms with Crippen molar-refractivity contribution >= 4 is 17.5 Å². The van der Waals surface area contributed by atoms with Gasteiger partial charge in [0.05, 0.1) is 11.3 Å². The van der Waals surface area contributed by atoms with Crippen molar-refractivity contribution in [1.82, 2.24) is 9.55 Å². The van der Waals surface area contributed by atoms with E-state index < -0.39 is 10.7 Å². The molecule has 2 heterocycles. The van der Waals surface area contributed by atoms with Crippen LogP contribution < -0.4 is 4.74 Å². The van der Waals surface area contributed by atoms with Crippen LogP contribution in [0.3, 0.4) is 0 Å². The van der Waals surface area contributed by atoms with Crippen molar-refractivity contribution in [2.75, 3.05) is 0 Å².